The maximum absolute atomic E-state index is 6.33. The Morgan fingerprint density at radius 1 is 0.377 bits per heavy atom. The molecule has 2 heterocycles. The zero-order valence-corrected chi connectivity index (χ0v) is 33.1. The molecule has 12 aromatic rings. The third-order valence-electron chi connectivity index (χ3n) is 11.9. The highest BCUT2D eigenvalue weighted by Crippen LogP contribution is 2.43. The quantitative estimate of drug-likeness (QED) is 0.162. The first-order valence-corrected chi connectivity index (χ1v) is 20.7. The number of fused-ring (bicyclic) bond motifs is 7. The van der Waals surface area contributed by atoms with Gasteiger partial charge in [0.05, 0.1) is 11.0 Å². The Hall–Kier alpha value is -8.21. The Morgan fingerprint density at radius 3 is 1.77 bits per heavy atom. The molecule has 2 aromatic heterocycles. The predicted octanol–water partition coefficient (Wildman–Crippen LogP) is 15.7. The Labute approximate surface area is 352 Å². The SMILES string of the molecule is c1ccc(-c2nc3ccc(-c4cccc(N(c5cccc(-c6ccc7ccccc7c6)c5)c5ccc6c(c5)c5ccc7ccccc7c5n6-c5ccccc5)c4)cc3o2)cc1. The summed E-state index contributed by atoms with van der Waals surface area (Å²) in [5.74, 6) is 0.621. The third kappa shape index (κ3) is 6.04. The third-order valence-corrected chi connectivity index (χ3v) is 11.9. The van der Waals surface area contributed by atoms with E-state index in [-0.39, 0.29) is 0 Å². The molecule has 4 heteroatoms. The molecule has 10 aromatic carbocycles. The summed E-state index contributed by atoms with van der Waals surface area (Å²) in [6.45, 7) is 0. The molecule has 286 valence electrons. The van der Waals surface area contributed by atoms with Crippen LogP contribution in [0.15, 0.2) is 229 Å². The molecule has 0 fully saturated rings. The maximum atomic E-state index is 6.33. The number of nitrogens with zero attached hydrogens (tertiary/aromatic N) is 3. The van der Waals surface area contributed by atoms with E-state index in [2.05, 4.69) is 204 Å². The van der Waals surface area contributed by atoms with Crippen LogP contribution in [0.4, 0.5) is 17.1 Å². The van der Waals surface area contributed by atoms with Gasteiger partial charge in [-0.3, -0.25) is 0 Å². The van der Waals surface area contributed by atoms with Gasteiger partial charge in [0.2, 0.25) is 5.89 Å². The van der Waals surface area contributed by atoms with Crippen LogP contribution in [0.5, 0.6) is 0 Å². The van der Waals surface area contributed by atoms with E-state index < -0.39 is 0 Å². The lowest BCUT2D eigenvalue weighted by Crippen LogP contribution is -2.10. The number of aromatic nitrogens is 2. The van der Waals surface area contributed by atoms with Crippen molar-refractivity contribution in [2.45, 2.75) is 0 Å². The molecular formula is C57H37N3O. The summed E-state index contributed by atoms with van der Waals surface area (Å²) in [4.78, 5) is 7.19. The van der Waals surface area contributed by atoms with E-state index >= 15 is 0 Å². The van der Waals surface area contributed by atoms with Crippen molar-refractivity contribution in [3.63, 3.8) is 0 Å². The summed E-state index contributed by atoms with van der Waals surface area (Å²) < 4.78 is 8.75. The number of benzene rings is 10. The van der Waals surface area contributed by atoms with Crippen LogP contribution in [0, 0.1) is 0 Å². The topological polar surface area (TPSA) is 34.2 Å². The van der Waals surface area contributed by atoms with Crippen molar-refractivity contribution in [2.24, 2.45) is 0 Å². The molecular weight excluding hydrogens is 743 g/mol. The van der Waals surface area contributed by atoms with Gasteiger partial charge in [-0.25, -0.2) is 4.98 Å². The average molecular weight is 780 g/mol. The first-order valence-electron chi connectivity index (χ1n) is 20.7. The normalized spacial score (nSPS) is 11.6. The molecule has 0 radical (unpaired) electrons. The summed E-state index contributed by atoms with van der Waals surface area (Å²) in [5, 5.41) is 7.32. The highest BCUT2D eigenvalue weighted by Gasteiger charge is 2.20. The Kier molecular flexibility index (Phi) is 8.13. The van der Waals surface area contributed by atoms with Crippen LogP contribution in [-0.4, -0.2) is 9.55 Å². The maximum Gasteiger partial charge on any atom is 0.227 e. The lowest BCUT2D eigenvalue weighted by Gasteiger charge is -2.27. The number of para-hydroxylation sites is 1. The van der Waals surface area contributed by atoms with Crippen molar-refractivity contribution >= 4 is 71.5 Å². The molecule has 4 nitrogen and oxygen atoms in total. The van der Waals surface area contributed by atoms with E-state index in [1.807, 2.05) is 30.3 Å². The highest BCUT2D eigenvalue weighted by atomic mass is 16.3. The molecule has 0 saturated carbocycles. The monoisotopic (exact) mass is 779 g/mol. The van der Waals surface area contributed by atoms with Gasteiger partial charge in [-0.15, -0.1) is 0 Å². The van der Waals surface area contributed by atoms with Crippen molar-refractivity contribution in [1.29, 1.82) is 0 Å². The minimum atomic E-state index is 0.621. The van der Waals surface area contributed by atoms with Crippen LogP contribution in [0.3, 0.4) is 0 Å². The van der Waals surface area contributed by atoms with E-state index in [0.29, 0.717) is 5.89 Å². The van der Waals surface area contributed by atoms with Crippen molar-refractivity contribution in [3.05, 3.63) is 224 Å². The number of rotatable bonds is 7. The number of hydrogen-bond donors (Lipinski definition) is 0. The predicted molar refractivity (Wildman–Crippen MR) is 254 cm³/mol. The summed E-state index contributed by atoms with van der Waals surface area (Å²) in [6, 6.07) is 80.2. The lowest BCUT2D eigenvalue weighted by molar-refractivity contribution is 0.620. The molecule has 0 aliphatic rings. The molecule has 0 aliphatic heterocycles. The van der Waals surface area contributed by atoms with Gasteiger partial charge in [0.1, 0.15) is 5.52 Å². The van der Waals surface area contributed by atoms with Crippen LogP contribution < -0.4 is 4.90 Å². The van der Waals surface area contributed by atoms with Gasteiger partial charge in [-0.1, -0.05) is 140 Å². The minimum Gasteiger partial charge on any atom is -0.436 e. The summed E-state index contributed by atoms with van der Waals surface area (Å²) in [7, 11) is 0. The molecule has 0 aliphatic carbocycles. The van der Waals surface area contributed by atoms with E-state index in [0.717, 1.165) is 61.6 Å². The van der Waals surface area contributed by atoms with E-state index in [9.17, 15) is 0 Å². The largest absolute Gasteiger partial charge is 0.436 e. The molecule has 12 rings (SSSR count). The average Bonchev–Trinajstić information content (AvgIpc) is 3.92. The van der Waals surface area contributed by atoms with E-state index in [1.165, 1.54) is 43.4 Å². The number of anilines is 3. The second kappa shape index (κ2) is 14.3. The molecule has 0 saturated heterocycles. The number of hydrogen-bond acceptors (Lipinski definition) is 3. The Balaban J connectivity index is 1.05. The van der Waals surface area contributed by atoms with Crippen LogP contribution in [0.25, 0.3) is 93.8 Å². The smallest absolute Gasteiger partial charge is 0.227 e. The molecule has 0 amide bonds. The summed E-state index contributed by atoms with van der Waals surface area (Å²) in [6.07, 6.45) is 0. The molecule has 0 spiro atoms. The van der Waals surface area contributed by atoms with Crippen molar-refractivity contribution in [3.8, 4) is 39.4 Å². The second-order valence-corrected chi connectivity index (χ2v) is 15.6. The Bertz CT molecular complexity index is 3600. The van der Waals surface area contributed by atoms with Crippen LogP contribution in [0.2, 0.25) is 0 Å². The van der Waals surface area contributed by atoms with Crippen molar-refractivity contribution < 1.29 is 4.42 Å². The second-order valence-electron chi connectivity index (χ2n) is 15.6. The molecule has 0 unspecified atom stereocenters. The summed E-state index contributed by atoms with van der Waals surface area (Å²) >= 11 is 0. The van der Waals surface area contributed by atoms with Gasteiger partial charge in [-0.2, -0.15) is 0 Å². The van der Waals surface area contributed by atoms with Crippen LogP contribution >= 0.6 is 0 Å². The van der Waals surface area contributed by atoms with Gasteiger partial charge in [0.25, 0.3) is 0 Å². The van der Waals surface area contributed by atoms with Crippen molar-refractivity contribution in [1.82, 2.24) is 9.55 Å². The van der Waals surface area contributed by atoms with Gasteiger partial charge in [0.15, 0.2) is 5.58 Å². The molecule has 0 N–H and O–H groups in total. The zero-order chi connectivity index (χ0) is 40.3. The van der Waals surface area contributed by atoms with Gasteiger partial charge in [-0.05, 0) is 123 Å². The Morgan fingerprint density at radius 2 is 0.984 bits per heavy atom. The first kappa shape index (κ1) is 34.8. The van der Waals surface area contributed by atoms with Crippen molar-refractivity contribution in [2.75, 3.05) is 4.90 Å². The van der Waals surface area contributed by atoms with Gasteiger partial charge >= 0.3 is 0 Å². The molecule has 61 heavy (non-hydrogen) atoms. The van der Waals surface area contributed by atoms with E-state index in [1.54, 1.807) is 0 Å². The number of oxazole rings is 1. The fourth-order valence-electron chi connectivity index (χ4n) is 9.03. The highest BCUT2D eigenvalue weighted by molar-refractivity contribution is 6.19. The molecule has 0 atom stereocenters. The van der Waals surface area contributed by atoms with E-state index in [4.69, 9.17) is 9.40 Å². The van der Waals surface area contributed by atoms with Crippen LogP contribution in [-0.2, 0) is 0 Å². The summed E-state index contributed by atoms with van der Waals surface area (Å²) in [5.41, 5.74) is 13.7. The van der Waals surface area contributed by atoms with Gasteiger partial charge < -0.3 is 13.9 Å². The minimum absolute atomic E-state index is 0.621. The standard InChI is InChI=1S/C57H37N3O/c1-3-15-40(16-4-1)57-58-53-31-28-45(36-55(53)61-57)43-19-12-23-48(35-43)59(47-22-11-18-42(34-47)44-26-25-38-13-7-8-17-41(38)33-44)49-29-32-54-52(37-49)51-30-27-39-14-9-10-24-50(39)56(51)60(54)46-20-5-2-6-21-46/h1-37H. The first-order chi connectivity index (χ1) is 30.2. The van der Waals surface area contributed by atoms with Gasteiger partial charge in [0, 0.05) is 44.5 Å². The molecule has 0 bridgehead atoms. The lowest BCUT2D eigenvalue weighted by atomic mass is 10.00. The van der Waals surface area contributed by atoms with Crippen LogP contribution in [0.1, 0.15) is 0 Å². The fourth-order valence-corrected chi connectivity index (χ4v) is 9.03. The fraction of sp³-hybridized carbons (Fsp3) is 0. The zero-order valence-electron chi connectivity index (χ0n) is 33.1.